The van der Waals surface area contributed by atoms with E-state index in [0.29, 0.717) is 6.42 Å². The first-order chi connectivity index (χ1) is 9.83. The number of carboxylic acid groups (broad SMARTS) is 1. The molecule has 21 heavy (non-hydrogen) atoms. The summed E-state index contributed by atoms with van der Waals surface area (Å²) in [5.41, 5.74) is -0.610. The van der Waals surface area contributed by atoms with E-state index in [4.69, 9.17) is 5.11 Å². The number of carboxylic acids is 1. The number of nitrogens with one attached hydrogen (secondary N) is 1. The van der Waals surface area contributed by atoms with Crippen LogP contribution >= 0.6 is 11.3 Å². The number of hydrogen-bond donors (Lipinski definition) is 2. The number of hydrogen-bond acceptors (Lipinski definition) is 4. The summed E-state index contributed by atoms with van der Waals surface area (Å²) in [5, 5.41) is 9.01. The van der Waals surface area contributed by atoms with Crippen molar-refractivity contribution < 1.29 is 22.7 Å². The molecule has 0 spiro atoms. The molecular weight excluding hydrogens is 317 g/mol. The van der Waals surface area contributed by atoms with Gasteiger partial charge in [0.25, 0.3) is 10.0 Å². The van der Waals surface area contributed by atoms with Gasteiger partial charge in [-0.05, 0) is 36.8 Å². The molecule has 2 rings (SSSR count). The highest BCUT2D eigenvalue weighted by molar-refractivity contribution is 7.94. The molecule has 0 amide bonds. The van der Waals surface area contributed by atoms with Crippen LogP contribution < -0.4 is 4.72 Å². The van der Waals surface area contributed by atoms with Gasteiger partial charge in [0.05, 0.1) is 11.3 Å². The van der Waals surface area contributed by atoms with Gasteiger partial charge in [-0.15, -0.1) is 11.3 Å². The Hall–Kier alpha value is -1.93. The number of rotatable bonds is 5. The van der Waals surface area contributed by atoms with Crippen molar-refractivity contribution in [2.45, 2.75) is 17.6 Å². The fraction of sp³-hybridized carbons (Fsp3) is 0.154. The molecule has 0 bridgehead atoms. The number of anilines is 1. The fourth-order valence-corrected chi connectivity index (χ4v) is 4.04. The molecule has 1 aromatic carbocycles. The average Bonchev–Trinajstić information content (AvgIpc) is 2.87. The second kappa shape index (κ2) is 5.82. The van der Waals surface area contributed by atoms with E-state index in [-0.39, 0.29) is 15.5 Å². The molecule has 0 radical (unpaired) electrons. The predicted octanol–water partition coefficient (Wildman–Crippen LogP) is 2.95. The van der Waals surface area contributed by atoms with E-state index in [1.54, 1.807) is 6.07 Å². The van der Waals surface area contributed by atoms with Crippen molar-refractivity contribution in [3.05, 3.63) is 46.6 Å². The first kappa shape index (κ1) is 15.5. The minimum Gasteiger partial charge on any atom is -0.478 e. The Morgan fingerprint density at radius 3 is 2.62 bits per heavy atom. The molecule has 2 N–H and O–H groups in total. The maximum atomic E-state index is 13.2. The van der Waals surface area contributed by atoms with Gasteiger partial charge >= 0.3 is 5.97 Å². The van der Waals surface area contributed by atoms with Gasteiger partial charge in [-0.2, -0.15) is 0 Å². The zero-order valence-electron chi connectivity index (χ0n) is 11.0. The standard InChI is InChI=1S/C13H12FNO4S2/c1-2-9-4-6-12(20-9)21(18,19)15-11-7-8(14)3-5-10(11)13(16)17/h3-7,15H,2H2,1H3,(H,16,17). The maximum absolute atomic E-state index is 13.2. The van der Waals surface area contributed by atoms with Crippen LogP contribution in [0.2, 0.25) is 0 Å². The minimum absolute atomic E-state index is 0.0555. The fourth-order valence-electron chi connectivity index (χ4n) is 1.68. The Bertz CT molecular complexity index is 783. The quantitative estimate of drug-likeness (QED) is 0.883. The van der Waals surface area contributed by atoms with Gasteiger partial charge in [-0.3, -0.25) is 4.72 Å². The highest BCUT2D eigenvalue weighted by atomic mass is 32.2. The van der Waals surface area contributed by atoms with Crippen LogP contribution in [0.15, 0.2) is 34.5 Å². The summed E-state index contributed by atoms with van der Waals surface area (Å²) in [4.78, 5) is 11.9. The molecule has 8 heteroatoms. The van der Waals surface area contributed by atoms with Crippen LogP contribution in [0.3, 0.4) is 0 Å². The van der Waals surface area contributed by atoms with Crippen LogP contribution in [0, 0.1) is 5.82 Å². The SMILES string of the molecule is CCc1ccc(S(=O)(=O)Nc2cc(F)ccc2C(=O)O)s1. The lowest BCUT2D eigenvalue weighted by molar-refractivity contribution is 0.0698. The van der Waals surface area contributed by atoms with E-state index in [1.165, 1.54) is 6.07 Å². The lowest BCUT2D eigenvalue weighted by atomic mass is 10.2. The van der Waals surface area contributed by atoms with Crippen LogP contribution in [-0.2, 0) is 16.4 Å². The molecule has 2 aromatic rings. The van der Waals surface area contributed by atoms with Crippen molar-refractivity contribution in [2.24, 2.45) is 0 Å². The first-order valence-corrected chi connectivity index (χ1v) is 8.28. The smallest absolute Gasteiger partial charge is 0.337 e. The highest BCUT2D eigenvalue weighted by Crippen LogP contribution is 2.26. The van der Waals surface area contributed by atoms with Crippen LogP contribution in [0.5, 0.6) is 0 Å². The van der Waals surface area contributed by atoms with Crippen molar-refractivity contribution >= 4 is 33.0 Å². The van der Waals surface area contributed by atoms with Crippen LogP contribution in [0.25, 0.3) is 0 Å². The third-order valence-corrected chi connectivity index (χ3v) is 5.79. The Labute approximate surface area is 125 Å². The van der Waals surface area contributed by atoms with E-state index in [2.05, 4.69) is 4.72 Å². The summed E-state index contributed by atoms with van der Waals surface area (Å²) < 4.78 is 39.8. The molecule has 0 saturated heterocycles. The van der Waals surface area contributed by atoms with Crippen molar-refractivity contribution in [3.8, 4) is 0 Å². The molecule has 0 unspecified atom stereocenters. The molecule has 0 atom stereocenters. The van der Waals surface area contributed by atoms with Crippen molar-refractivity contribution in [2.75, 3.05) is 4.72 Å². The van der Waals surface area contributed by atoms with Gasteiger partial charge in [0, 0.05) is 4.88 Å². The summed E-state index contributed by atoms with van der Waals surface area (Å²) in [6.45, 7) is 1.89. The third-order valence-electron chi connectivity index (χ3n) is 2.71. The first-order valence-electron chi connectivity index (χ1n) is 5.98. The average molecular weight is 329 g/mol. The molecule has 112 valence electrons. The number of aryl methyl sites for hydroxylation is 1. The number of halogens is 1. The topological polar surface area (TPSA) is 83.5 Å². The molecule has 0 aliphatic carbocycles. The summed E-state index contributed by atoms with van der Waals surface area (Å²) >= 11 is 1.09. The molecule has 0 aliphatic heterocycles. The number of thiophene rings is 1. The summed E-state index contributed by atoms with van der Waals surface area (Å²) in [6.07, 6.45) is 0.695. The Balaban J connectivity index is 2.41. The van der Waals surface area contributed by atoms with Crippen molar-refractivity contribution in [3.63, 3.8) is 0 Å². The van der Waals surface area contributed by atoms with Crippen LogP contribution in [-0.4, -0.2) is 19.5 Å². The minimum atomic E-state index is -3.94. The summed E-state index contributed by atoms with van der Waals surface area (Å²) in [7, 11) is -3.94. The summed E-state index contributed by atoms with van der Waals surface area (Å²) in [6, 6.07) is 5.94. The second-order valence-electron chi connectivity index (χ2n) is 4.17. The van der Waals surface area contributed by atoms with E-state index in [1.807, 2.05) is 6.92 Å². The number of benzene rings is 1. The largest absolute Gasteiger partial charge is 0.478 e. The zero-order chi connectivity index (χ0) is 15.6. The third kappa shape index (κ3) is 3.40. The molecular formula is C13H12FNO4S2. The van der Waals surface area contributed by atoms with E-state index < -0.39 is 21.8 Å². The van der Waals surface area contributed by atoms with E-state index >= 15 is 0 Å². The van der Waals surface area contributed by atoms with E-state index in [0.717, 1.165) is 34.4 Å². The van der Waals surface area contributed by atoms with Gasteiger partial charge in [-0.1, -0.05) is 6.92 Å². The molecule has 1 heterocycles. The lowest BCUT2D eigenvalue weighted by Gasteiger charge is -2.09. The summed E-state index contributed by atoms with van der Waals surface area (Å²) in [5.74, 6) is -2.06. The molecule has 0 fully saturated rings. The van der Waals surface area contributed by atoms with Gasteiger partial charge in [0.15, 0.2) is 0 Å². The lowest BCUT2D eigenvalue weighted by Crippen LogP contribution is -2.14. The number of carbonyl (C=O) groups is 1. The molecule has 0 aliphatic rings. The second-order valence-corrected chi connectivity index (χ2v) is 7.25. The Kier molecular flexibility index (Phi) is 4.29. The normalized spacial score (nSPS) is 11.3. The molecule has 0 saturated carbocycles. The number of aromatic carboxylic acids is 1. The van der Waals surface area contributed by atoms with E-state index in [9.17, 15) is 17.6 Å². The predicted molar refractivity (Wildman–Crippen MR) is 77.9 cm³/mol. The van der Waals surface area contributed by atoms with Crippen LogP contribution in [0.1, 0.15) is 22.2 Å². The van der Waals surface area contributed by atoms with Crippen molar-refractivity contribution in [1.82, 2.24) is 0 Å². The zero-order valence-corrected chi connectivity index (χ0v) is 12.6. The van der Waals surface area contributed by atoms with Gasteiger partial charge in [0.2, 0.25) is 0 Å². The molecule has 1 aromatic heterocycles. The maximum Gasteiger partial charge on any atom is 0.337 e. The van der Waals surface area contributed by atoms with Gasteiger partial charge in [-0.25, -0.2) is 17.6 Å². The van der Waals surface area contributed by atoms with Crippen LogP contribution in [0.4, 0.5) is 10.1 Å². The number of sulfonamides is 1. The Morgan fingerprint density at radius 2 is 2.05 bits per heavy atom. The van der Waals surface area contributed by atoms with Gasteiger partial charge < -0.3 is 5.11 Å². The molecule has 5 nitrogen and oxygen atoms in total. The van der Waals surface area contributed by atoms with Gasteiger partial charge in [0.1, 0.15) is 10.0 Å². The Morgan fingerprint density at radius 1 is 1.33 bits per heavy atom. The van der Waals surface area contributed by atoms with Crippen molar-refractivity contribution in [1.29, 1.82) is 0 Å². The highest BCUT2D eigenvalue weighted by Gasteiger charge is 2.20. The monoisotopic (exact) mass is 329 g/mol.